The number of halogens is 1. The molecule has 0 aliphatic rings. The molecule has 0 aliphatic carbocycles. The fourth-order valence-corrected chi connectivity index (χ4v) is 3.00. The summed E-state index contributed by atoms with van der Waals surface area (Å²) in [5.41, 5.74) is 2.30. The fraction of sp³-hybridized carbons (Fsp3) is 0.300. The molecule has 136 valence electrons. The SMILES string of the molecule is CCCCc1cc2c(O)c(C(=O)OCC)ncc2n1-c1ccc(F)cc1. The van der Waals surface area contributed by atoms with Crippen molar-refractivity contribution in [2.24, 2.45) is 0 Å². The van der Waals surface area contributed by atoms with Crippen LogP contribution in [0.1, 0.15) is 42.9 Å². The molecule has 3 rings (SSSR count). The van der Waals surface area contributed by atoms with Crippen LogP contribution in [0.15, 0.2) is 36.5 Å². The van der Waals surface area contributed by atoms with Gasteiger partial charge in [-0.15, -0.1) is 0 Å². The number of carbonyl (C=O) groups excluding carboxylic acids is 1. The number of aromatic hydroxyl groups is 1. The van der Waals surface area contributed by atoms with E-state index in [-0.39, 0.29) is 23.9 Å². The van der Waals surface area contributed by atoms with Crippen LogP contribution in [-0.2, 0) is 11.2 Å². The predicted molar refractivity (Wildman–Crippen MR) is 97.3 cm³/mol. The molecule has 0 aliphatic heterocycles. The molecule has 0 saturated heterocycles. The zero-order valence-corrected chi connectivity index (χ0v) is 14.8. The lowest BCUT2D eigenvalue weighted by Gasteiger charge is -2.11. The summed E-state index contributed by atoms with van der Waals surface area (Å²) in [7, 11) is 0. The van der Waals surface area contributed by atoms with Gasteiger partial charge in [0.2, 0.25) is 0 Å². The Kier molecular flexibility index (Phi) is 5.21. The molecule has 6 heteroatoms. The number of rotatable bonds is 6. The number of fused-ring (bicyclic) bond motifs is 1. The minimum atomic E-state index is -0.656. The zero-order chi connectivity index (χ0) is 18.7. The highest BCUT2D eigenvalue weighted by molar-refractivity contribution is 5.99. The first-order valence-electron chi connectivity index (χ1n) is 8.72. The summed E-state index contributed by atoms with van der Waals surface area (Å²) in [5.74, 6) is -1.16. The Morgan fingerprint density at radius 1 is 1.27 bits per heavy atom. The van der Waals surface area contributed by atoms with Crippen molar-refractivity contribution in [3.05, 3.63) is 53.7 Å². The summed E-state index contributed by atoms with van der Waals surface area (Å²) >= 11 is 0. The van der Waals surface area contributed by atoms with E-state index in [4.69, 9.17) is 4.74 Å². The first-order chi connectivity index (χ1) is 12.6. The number of aromatic nitrogens is 2. The van der Waals surface area contributed by atoms with Gasteiger partial charge < -0.3 is 14.4 Å². The molecule has 2 heterocycles. The molecular formula is C20H21FN2O3. The van der Waals surface area contributed by atoms with Crippen molar-refractivity contribution in [2.45, 2.75) is 33.1 Å². The fourth-order valence-electron chi connectivity index (χ4n) is 3.00. The lowest BCUT2D eigenvalue weighted by atomic mass is 10.2. The highest BCUT2D eigenvalue weighted by atomic mass is 19.1. The Bertz CT molecular complexity index is 932. The maximum absolute atomic E-state index is 13.3. The minimum Gasteiger partial charge on any atom is -0.505 e. The van der Waals surface area contributed by atoms with E-state index in [1.165, 1.54) is 12.1 Å². The van der Waals surface area contributed by atoms with Crippen molar-refractivity contribution >= 4 is 16.9 Å². The summed E-state index contributed by atoms with van der Waals surface area (Å²) < 4.78 is 20.2. The van der Waals surface area contributed by atoms with Gasteiger partial charge in [-0.05, 0) is 50.1 Å². The molecule has 1 N–H and O–H groups in total. The number of nitrogens with zero attached hydrogens (tertiary/aromatic N) is 2. The number of aryl methyl sites for hydroxylation is 1. The van der Waals surface area contributed by atoms with Crippen molar-refractivity contribution in [3.8, 4) is 11.4 Å². The van der Waals surface area contributed by atoms with Crippen LogP contribution in [-0.4, -0.2) is 27.2 Å². The molecule has 1 aromatic carbocycles. The van der Waals surface area contributed by atoms with Crippen LogP contribution in [0.2, 0.25) is 0 Å². The van der Waals surface area contributed by atoms with E-state index in [0.717, 1.165) is 30.6 Å². The Balaban J connectivity index is 2.19. The average molecular weight is 356 g/mol. The Morgan fingerprint density at radius 2 is 2.00 bits per heavy atom. The van der Waals surface area contributed by atoms with E-state index < -0.39 is 5.97 Å². The summed E-state index contributed by atoms with van der Waals surface area (Å²) in [4.78, 5) is 16.1. The molecule has 0 bridgehead atoms. The van der Waals surface area contributed by atoms with E-state index >= 15 is 0 Å². The van der Waals surface area contributed by atoms with Gasteiger partial charge in [0.25, 0.3) is 0 Å². The van der Waals surface area contributed by atoms with Crippen LogP contribution in [0.5, 0.6) is 5.75 Å². The van der Waals surface area contributed by atoms with Crippen LogP contribution in [0.3, 0.4) is 0 Å². The van der Waals surface area contributed by atoms with Gasteiger partial charge in [-0.1, -0.05) is 13.3 Å². The van der Waals surface area contributed by atoms with Crippen LogP contribution in [0.25, 0.3) is 16.6 Å². The second-order valence-electron chi connectivity index (χ2n) is 6.03. The van der Waals surface area contributed by atoms with Crippen molar-refractivity contribution in [2.75, 3.05) is 6.61 Å². The van der Waals surface area contributed by atoms with Crippen molar-refractivity contribution in [1.82, 2.24) is 9.55 Å². The largest absolute Gasteiger partial charge is 0.505 e. The zero-order valence-electron chi connectivity index (χ0n) is 14.8. The Hall–Kier alpha value is -2.89. The highest BCUT2D eigenvalue weighted by Crippen LogP contribution is 2.33. The van der Waals surface area contributed by atoms with E-state index in [1.807, 2.05) is 10.6 Å². The maximum atomic E-state index is 13.3. The predicted octanol–water partition coefficient (Wildman–Crippen LogP) is 4.39. The standard InChI is InChI=1S/C20H21FN2O3/c1-3-5-6-15-11-16-17(23(15)14-9-7-13(21)8-10-14)12-22-18(19(16)24)20(25)26-4-2/h7-12,24H,3-6H2,1-2H3. The summed E-state index contributed by atoms with van der Waals surface area (Å²) in [6.07, 6.45) is 4.32. The van der Waals surface area contributed by atoms with Gasteiger partial charge in [0.15, 0.2) is 11.4 Å². The second-order valence-corrected chi connectivity index (χ2v) is 6.03. The second kappa shape index (κ2) is 7.56. The lowest BCUT2D eigenvalue weighted by Crippen LogP contribution is -2.07. The molecule has 5 nitrogen and oxygen atoms in total. The number of esters is 1. The third kappa shape index (κ3) is 3.27. The van der Waals surface area contributed by atoms with E-state index in [2.05, 4.69) is 11.9 Å². The topological polar surface area (TPSA) is 64.3 Å². The smallest absolute Gasteiger partial charge is 0.360 e. The van der Waals surface area contributed by atoms with Gasteiger partial charge in [-0.3, -0.25) is 0 Å². The molecular weight excluding hydrogens is 335 g/mol. The summed E-state index contributed by atoms with van der Waals surface area (Å²) in [6.45, 7) is 4.00. The molecule has 0 atom stereocenters. The van der Waals surface area contributed by atoms with Crippen LogP contribution < -0.4 is 0 Å². The number of hydrogen-bond donors (Lipinski definition) is 1. The number of carbonyl (C=O) groups is 1. The quantitative estimate of drug-likeness (QED) is 0.665. The monoisotopic (exact) mass is 356 g/mol. The van der Waals surface area contributed by atoms with E-state index in [1.54, 1.807) is 25.3 Å². The summed E-state index contributed by atoms with van der Waals surface area (Å²) in [5, 5.41) is 11.1. The normalized spacial score (nSPS) is 11.0. The lowest BCUT2D eigenvalue weighted by molar-refractivity contribution is 0.0516. The molecule has 0 amide bonds. The van der Waals surface area contributed by atoms with Gasteiger partial charge in [-0.2, -0.15) is 0 Å². The van der Waals surface area contributed by atoms with Crippen LogP contribution in [0, 0.1) is 5.82 Å². The van der Waals surface area contributed by atoms with Crippen molar-refractivity contribution < 1.29 is 19.0 Å². The molecule has 0 saturated carbocycles. The number of hydrogen-bond acceptors (Lipinski definition) is 4. The average Bonchev–Trinajstić information content (AvgIpc) is 3.00. The molecule has 2 aromatic heterocycles. The van der Waals surface area contributed by atoms with Crippen LogP contribution in [0.4, 0.5) is 4.39 Å². The maximum Gasteiger partial charge on any atom is 0.360 e. The summed E-state index contributed by atoms with van der Waals surface area (Å²) in [6, 6.07) is 8.01. The number of pyridine rings is 1. The van der Waals surface area contributed by atoms with E-state index in [0.29, 0.717) is 10.9 Å². The first-order valence-corrected chi connectivity index (χ1v) is 8.72. The first kappa shape index (κ1) is 17.9. The van der Waals surface area contributed by atoms with Gasteiger partial charge >= 0.3 is 5.97 Å². The Morgan fingerprint density at radius 3 is 2.65 bits per heavy atom. The van der Waals surface area contributed by atoms with Gasteiger partial charge in [-0.25, -0.2) is 14.2 Å². The molecule has 0 spiro atoms. The van der Waals surface area contributed by atoms with Crippen molar-refractivity contribution in [3.63, 3.8) is 0 Å². The molecule has 0 fully saturated rings. The third-order valence-electron chi connectivity index (χ3n) is 4.25. The third-order valence-corrected chi connectivity index (χ3v) is 4.25. The number of unbranched alkanes of at least 4 members (excludes halogenated alkanes) is 1. The van der Waals surface area contributed by atoms with Gasteiger partial charge in [0.05, 0.1) is 18.3 Å². The van der Waals surface area contributed by atoms with Crippen molar-refractivity contribution in [1.29, 1.82) is 0 Å². The van der Waals surface area contributed by atoms with Gasteiger partial charge in [0.1, 0.15) is 5.82 Å². The molecule has 3 aromatic rings. The number of ether oxygens (including phenoxy) is 1. The van der Waals surface area contributed by atoms with E-state index in [9.17, 15) is 14.3 Å². The Labute approximate surface area is 151 Å². The molecule has 26 heavy (non-hydrogen) atoms. The molecule has 0 unspecified atom stereocenters. The number of benzene rings is 1. The van der Waals surface area contributed by atoms with Gasteiger partial charge in [0, 0.05) is 16.8 Å². The minimum absolute atomic E-state index is 0.0994. The van der Waals surface area contributed by atoms with Crippen LogP contribution >= 0.6 is 0 Å². The molecule has 0 radical (unpaired) electrons. The highest BCUT2D eigenvalue weighted by Gasteiger charge is 2.21.